The highest BCUT2D eigenvalue weighted by Gasteiger charge is 2.31. The number of amides is 1. The molecule has 1 aliphatic rings. The number of sulfonamides is 1. The van der Waals surface area contributed by atoms with Gasteiger partial charge in [0.25, 0.3) is 5.91 Å². The summed E-state index contributed by atoms with van der Waals surface area (Å²) in [5.41, 5.74) is 0. The number of rotatable bonds is 6. The fourth-order valence-electron chi connectivity index (χ4n) is 3.04. The van der Waals surface area contributed by atoms with Gasteiger partial charge in [0.05, 0.1) is 11.3 Å². The first kappa shape index (κ1) is 19.9. The molecule has 1 aromatic heterocycles. The number of carbonyl (C=O) groups excluding carboxylic acids is 1. The van der Waals surface area contributed by atoms with Crippen molar-refractivity contribution in [1.29, 1.82) is 0 Å². The van der Waals surface area contributed by atoms with Crippen molar-refractivity contribution in [3.8, 4) is 0 Å². The second-order valence-corrected chi connectivity index (χ2v) is 8.77. The molecule has 0 unspecified atom stereocenters. The minimum atomic E-state index is -3.65. The van der Waals surface area contributed by atoms with Crippen LogP contribution in [0.1, 0.15) is 18.7 Å². The van der Waals surface area contributed by atoms with Gasteiger partial charge in [-0.3, -0.25) is 4.79 Å². The molecule has 7 nitrogen and oxygen atoms in total. The van der Waals surface area contributed by atoms with Crippen LogP contribution in [0.25, 0.3) is 0 Å². The van der Waals surface area contributed by atoms with Crippen molar-refractivity contribution in [2.45, 2.75) is 17.9 Å². The number of hydrogen-bond acceptors (Lipinski definition) is 4. The summed E-state index contributed by atoms with van der Waals surface area (Å²) in [7, 11) is -3.65. The molecule has 1 aromatic carbocycles. The molecule has 2 aromatic rings. The third-order valence-electron chi connectivity index (χ3n) is 4.68. The zero-order chi connectivity index (χ0) is 19.4. The normalized spacial score (nSPS) is 17.0. The van der Waals surface area contributed by atoms with E-state index in [4.69, 9.17) is 16.0 Å². The fraction of sp³-hybridized carbons (Fsp3) is 0.389. The van der Waals surface area contributed by atoms with Crippen LogP contribution in [-0.2, 0) is 14.8 Å². The molecule has 1 saturated heterocycles. The van der Waals surface area contributed by atoms with Gasteiger partial charge in [0.15, 0.2) is 12.3 Å². The second kappa shape index (κ2) is 8.43. The highest BCUT2D eigenvalue weighted by atomic mass is 35.5. The summed E-state index contributed by atoms with van der Waals surface area (Å²) in [6.45, 7) is 3.51. The summed E-state index contributed by atoms with van der Waals surface area (Å²) in [5.74, 6) is 0.807. The lowest BCUT2D eigenvalue weighted by atomic mass is 10.2. The number of halogens is 1. The summed E-state index contributed by atoms with van der Waals surface area (Å²) in [6, 6.07) is 10.1. The predicted molar refractivity (Wildman–Crippen MR) is 101 cm³/mol. The van der Waals surface area contributed by atoms with E-state index in [2.05, 4.69) is 0 Å². The average molecular weight is 413 g/mol. The third kappa shape index (κ3) is 4.52. The Kier molecular flexibility index (Phi) is 6.21. The number of hydrogen-bond donors (Lipinski definition) is 1. The van der Waals surface area contributed by atoms with Crippen molar-refractivity contribution in [3.05, 3.63) is 53.4 Å². The highest BCUT2D eigenvalue weighted by molar-refractivity contribution is 7.89. The number of benzene rings is 1. The Morgan fingerprint density at radius 3 is 2.52 bits per heavy atom. The first-order valence-corrected chi connectivity index (χ1v) is 10.6. The lowest BCUT2D eigenvalue weighted by Crippen LogP contribution is -2.87. The molecule has 1 fully saturated rings. The molecule has 0 bridgehead atoms. The van der Waals surface area contributed by atoms with Crippen LogP contribution >= 0.6 is 11.6 Å². The summed E-state index contributed by atoms with van der Waals surface area (Å²) >= 11 is 6.04. The van der Waals surface area contributed by atoms with Crippen LogP contribution in [0.5, 0.6) is 0 Å². The molecule has 0 saturated carbocycles. The Morgan fingerprint density at radius 2 is 1.89 bits per heavy atom. The van der Waals surface area contributed by atoms with Gasteiger partial charge in [0.2, 0.25) is 10.0 Å². The zero-order valence-electron chi connectivity index (χ0n) is 15.0. The van der Waals surface area contributed by atoms with Crippen molar-refractivity contribution in [2.24, 2.45) is 0 Å². The number of quaternary nitrogens is 1. The molecule has 1 aliphatic heterocycles. The van der Waals surface area contributed by atoms with E-state index < -0.39 is 10.0 Å². The van der Waals surface area contributed by atoms with Crippen LogP contribution in [0.2, 0.25) is 5.02 Å². The van der Waals surface area contributed by atoms with E-state index in [9.17, 15) is 13.2 Å². The smallest absolute Gasteiger partial charge is 0.277 e. The maximum Gasteiger partial charge on any atom is 0.277 e. The van der Waals surface area contributed by atoms with E-state index in [0.29, 0.717) is 19.6 Å². The monoisotopic (exact) mass is 412 g/mol. The van der Waals surface area contributed by atoms with Gasteiger partial charge in [-0.05, 0) is 31.2 Å². The highest BCUT2D eigenvalue weighted by Crippen LogP contribution is 2.24. The Bertz CT molecular complexity index is 878. The van der Waals surface area contributed by atoms with Crippen molar-refractivity contribution in [1.82, 2.24) is 9.21 Å². The fourth-order valence-corrected chi connectivity index (χ4v) is 4.96. The van der Waals surface area contributed by atoms with Gasteiger partial charge in [0, 0.05) is 26.2 Å². The Hall–Kier alpha value is -1.87. The van der Waals surface area contributed by atoms with Gasteiger partial charge in [-0.15, -0.1) is 0 Å². The zero-order valence-corrected chi connectivity index (χ0v) is 16.6. The lowest BCUT2D eigenvalue weighted by Gasteiger charge is -2.33. The van der Waals surface area contributed by atoms with Crippen LogP contribution < -0.4 is 5.32 Å². The van der Waals surface area contributed by atoms with Crippen molar-refractivity contribution < 1.29 is 22.9 Å². The molecular weight excluding hydrogens is 390 g/mol. The molecule has 1 atom stereocenters. The van der Waals surface area contributed by atoms with E-state index in [1.54, 1.807) is 29.4 Å². The maximum absolute atomic E-state index is 12.8. The molecular formula is C18H23ClN3O4S+. The number of furan rings is 1. The van der Waals surface area contributed by atoms with E-state index in [1.807, 2.05) is 24.4 Å². The largest absolute Gasteiger partial charge is 0.463 e. The minimum Gasteiger partial charge on any atom is -0.463 e. The van der Waals surface area contributed by atoms with Crippen LogP contribution in [0.3, 0.4) is 0 Å². The number of nitrogens with zero attached hydrogens (tertiary/aromatic N) is 2. The molecule has 146 valence electrons. The van der Waals surface area contributed by atoms with Gasteiger partial charge >= 0.3 is 0 Å². The van der Waals surface area contributed by atoms with Crippen molar-refractivity contribution in [3.63, 3.8) is 0 Å². The van der Waals surface area contributed by atoms with Crippen LogP contribution in [0.4, 0.5) is 0 Å². The third-order valence-corrected chi connectivity index (χ3v) is 7.08. The summed E-state index contributed by atoms with van der Waals surface area (Å²) in [6.07, 6.45) is 1.61. The van der Waals surface area contributed by atoms with E-state index in [-0.39, 0.29) is 35.0 Å². The molecule has 0 aliphatic carbocycles. The summed E-state index contributed by atoms with van der Waals surface area (Å²) in [5, 5.41) is 2.12. The van der Waals surface area contributed by atoms with Gasteiger partial charge in [-0.2, -0.15) is 4.31 Å². The molecule has 0 spiro atoms. The second-order valence-electron chi connectivity index (χ2n) is 6.46. The van der Waals surface area contributed by atoms with Crippen LogP contribution in [0, 0.1) is 0 Å². The lowest BCUT2D eigenvalue weighted by molar-refractivity contribution is -0.685. The Morgan fingerprint density at radius 1 is 1.19 bits per heavy atom. The summed E-state index contributed by atoms with van der Waals surface area (Å²) in [4.78, 5) is 14.2. The standard InChI is InChI=1S/C18H22ClN3O4S/c1-14(16-6-4-12-26-16)20-13-18(23)21-8-10-22(11-9-21)27(24,25)17-7-3-2-5-15(17)19/h2-7,12,14,20H,8-11,13H2,1H3/p+1/t14-/m1/s1. The Labute approximate surface area is 163 Å². The van der Waals surface area contributed by atoms with Gasteiger partial charge in [0.1, 0.15) is 10.9 Å². The minimum absolute atomic E-state index is 0.0109. The quantitative estimate of drug-likeness (QED) is 0.769. The first-order chi connectivity index (χ1) is 12.9. The molecule has 2 heterocycles. The van der Waals surface area contributed by atoms with Gasteiger partial charge in [-0.1, -0.05) is 23.7 Å². The van der Waals surface area contributed by atoms with Gasteiger partial charge < -0.3 is 14.6 Å². The van der Waals surface area contributed by atoms with Crippen LogP contribution in [0.15, 0.2) is 52.0 Å². The SMILES string of the molecule is C[C@@H]([NH2+]CC(=O)N1CCN(S(=O)(=O)c2ccccc2Cl)CC1)c1ccco1. The predicted octanol–water partition coefficient (Wildman–Crippen LogP) is 1.09. The number of piperazine rings is 1. The topological polar surface area (TPSA) is 87.4 Å². The molecule has 0 radical (unpaired) electrons. The van der Waals surface area contributed by atoms with Crippen LogP contribution in [-0.4, -0.2) is 56.3 Å². The Balaban J connectivity index is 1.54. The van der Waals surface area contributed by atoms with E-state index in [0.717, 1.165) is 5.76 Å². The molecule has 2 N–H and O–H groups in total. The first-order valence-electron chi connectivity index (χ1n) is 8.79. The molecule has 1 amide bonds. The molecule has 9 heteroatoms. The molecule has 27 heavy (non-hydrogen) atoms. The van der Waals surface area contributed by atoms with Crippen molar-refractivity contribution >= 4 is 27.5 Å². The number of nitrogens with two attached hydrogens (primary N) is 1. The molecule has 3 rings (SSSR count). The van der Waals surface area contributed by atoms with Gasteiger partial charge in [-0.25, -0.2) is 8.42 Å². The average Bonchev–Trinajstić information content (AvgIpc) is 3.21. The van der Waals surface area contributed by atoms with Crippen molar-refractivity contribution in [2.75, 3.05) is 32.7 Å². The maximum atomic E-state index is 12.8. The van der Waals surface area contributed by atoms with E-state index >= 15 is 0 Å². The number of carbonyl (C=O) groups is 1. The summed E-state index contributed by atoms with van der Waals surface area (Å²) < 4.78 is 32.2. The van der Waals surface area contributed by atoms with E-state index in [1.165, 1.54) is 10.4 Å².